The Balaban J connectivity index is 1.60. The summed E-state index contributed by atoms with van der Waals surface area (Å²) in [6, 6.07) is 12.9. The molecule has 0 bridgehead atoms. The Labute approximate surface area is 125 Å². The number of pyridine rings is 1. The van der Waals surface area contributed by atoms with Crippen molar-refractivity contribution in [3.63, 3.8) is 0 Å². The summed E-state index contributed by atoms with van der Waals surface area (Å²) in [6.45, 7) is 4.61. The zero-order valence-electron chi connectivity index (χ0n) is 12.3. The van der Waals surface area contributed by atoms with E-state index < -0.39 is 0 Å². The van der Waals surface area contributed by atoms with Crippen LogP contribution in [0.2, 0.25) is 0 Å². The van der Waals surface area contributed by atoms with Crippen molar-refractivity contribution >= 4 is 5.69 Å². The van der Waals surface area contributed by atoms with E-state index in [0.717, 1.165) is 30.2 Å². The fourth-order valence-electron chi connectivity index (χ4n) is 2.25. The highest BCUT2D eigenvalue weighted by Gasteiger charge is 2.16. The van der Waals surface area contributed by atoms with E-state index in [-0.39, 0.29) is 0 Å². The maximum atomic E-state index is 5.79. The van der Waals surface area contributed by atoms with Gasteiger partial charge in [-0.1, -0.05) is 30.3 Å². The van der Waals surface area contributed by atoms with Crippen molar-refractivity contribution in [2.75, 3.05) is 18.5 Å². The molecule has 4 heteroatoms. The Morgan fingerprint density at radius 3 is 2.86 bits per heavy atom. The van der Waals surface area contributed by atoms with Crippen LogP contribution < -0.4 is 15.4 Å². The first-order chi connectivity index (χ1) is 10.3. The fourth-order valence-corrected chi connectivity index (χ4v) is 2.25. The van der Waals surface area contributed by atoms with E-state index in [4.69, 9.17) is 4.74 Å². The number of hydrogen-bond donors (Lipinski definition) is 2. The lowest BCUT2D eigenvalue weighted by Gasteiger charge is -2.27. The van der Waals surface area contributed by atoms with Crippen LogP contribution >= 0.6 is 0 Å². The largest absolute Gasteiger partial charge is 0.490 e. The van der Waals surface area contributed by atoms with Gasteiger partial charge in [-0.3, -0.25) is 4.98 Å². The summed E-state index contributed by atoms with van der Waals surface area (Å²) in [4.78, 5) is 4.41. The van der Waals surface area contributed by atoms with E-state index in [9.17, 15) is 0 Å². The summed E-state index contributed by atoms with van der Waals surface area (Å²) in [5.41, 5.74) is 3.26. The summed E-state index contributed by atoms with van der Waals surface area (Å²) in [5.74, 6) is 0.824. The number of ether oxygens (including phenoxy) is 1. The molecule has 0 unspecified atom stereocenters. The molecular formula is C17H21N3O. The quantitative estimate of drug-likeness (QED) is 0.855. The highest BCUT2D eigenvalue weighted by molar-refractivity contribution is 5.51. The second-order valence-corrected chi connectivity index (χ2v) is 5.39. The molecule has 1 aromatic heterocycles. The predicted molar refractivity (Wildman–Crippen MR) is 84.6 cm³/mol. The molecule has 0 aliphatic carbocycles. The monoisotopic (exact) mass is 283 g/mol. The predicted octanol–water partition coefficient (Wildman–Crippen LogP) is 2.74. The average molecular weight is 283 g/mol. The van der Waals surface area contributed by atoms with E-state index >= 15 is 0 Å². The molecule has 1 atom stereocenters. The Kier molecular flexibility index (Phi) is 4.36. The van der Waals surface area contributed by atoms with Gasteiger partial charge in [0.2, 0.25) is 0 Å². The number of aromatic nitrogens is 1. The molecule has 0 radical (unpaired) electrons. The fraction of sp³-hybridized carbons (Fsp3) is 0.353. The number of rotatable bonds is 6. The van der Waals surface area contributed by atoms with Gasteiger partial charge in [-0.05, 0) is 25.5 Å². The maximum Gasteiger partial charge on any atom is 0.139 e. The van der Waals surface area contributed by atoms with E-state index in [1.165, 1.54) is 12.0 Å². The summed E-state index contributed by atoms with van der Waals surface area (Å²) >= 11 is 0. The molecule has 0 spiro atoms. The molecule has 3 rings (SSSR count). The van der Waals surface area contributed by atoms with Crippen molar-refractivity contribution in [3.05, 3.63) is 53.9 Å². The van der Waals surface area contributed by atoms with Crippen molar-refractivity contribution in [2.24, 2.45) is 0 Å². The van der Waals surface area contributed by atoms with Crippen LogP contribution in [0.5, 0.6) is 5.75 Å². The molecule has 4 nitrogen and oxygen atoms in total. The highest BCUT2D eigenvalue weighted by atomic mass is 16.5. The van der Waals surface area contributed by atoms with E-state index in [2.05, 4.69) is 27.8 Å². The summed E-state index contributed by atoms with van der Waals surface area (Å²) in [6.07, 6.45) is 2.99. The van der Waals surface area contributed by atoms with Crippen molar-refractivity contribution in [2.45, 2.75) is 25.9 Å². The molecular weight excluding hydrogens is 262 g/mol. The normalized spacial score (nSPS) is 17.1. The molecule has 1 aliphatic rings. The SMILES string of the molecule is Cc1ncc(OC[C@@H]2CCN2)cc1NCc1ccccc1. The average Bonchev–Trinajstić information content (AvgIpc) is 2.47. The third kappa shape index (κ3) is 3.73. The Morgan fingerprint density at radius 2 is 2.14 bits per heavy atom. The zero-order chi connectivity index (χ0) is 14.5. The van der Waals surface area contributed by atoms with Gasteiger partial charge in [0, 0.05) is 18.7 Å². The van der Waals surface area contributed by atoms with E-state index in [1.54, 1.807) is 6.20 Å². The lowest BCUT2D eigenvalue weighted by Crippen LogP contribution is -2.46. The minimum Gasteiger partial charge on any atom is -0.490 e. The van der Waals surface area contributed by atoms with Gasteiger partial charge in [-0.2, -0.15) is 0 Å². The Hall–Kier alpha value is -2.07. The van der Waals surface area contributed by atoms with Gasteiger partial charge in [0.1, 0.15) is 12.4 Å². The lowest BCUT2D eigenvalue weighted by molar-refractivity contribution is 0.217. The van der Waals surface area contributed by atoms with Gasteiger partial charge in [0.25, 0.3) is 0 Å². The Bertz CT molecular complexity index is 582. The van der Waals surface area contributed by atoms with Gasteiger partial charge >= 0.3 is 0 Å². The van der Waals surface area contributed by atoms with Gasteiger partial charge < -0.3 is 15.4 Å². The maximum absolute atomic E-state index is 5.79. The minimum atomic E-state index is 0.493. The molecule has 1 fully saturated rings. The molecule has 2 heterocycles. The third-order valence-corrected chi connectivity index (χ3v) is 3.76. The molecule has 2 N–H and O–H groups in total. The molecule has 0 amide bonds. The zero-order valence-corrected chi connectivity index (χ0v) is 12.3. The summed E-state index contributed by atoms with van der Waals surface area (Å²) in [5, 5.41) is 6.75. The molecule has 110 valence electrons. The number of anilines is 1. The molecule has 2 aromatic rings. The highest BCUT2D eigenvalue weighted by Crippen LogP contribution is 2.21. The van der Waals surface area contributed by atoms with Gasteiger partial charge in [-0.15, -0.1) is 0 Å². The first kappa shape index (κ1) is 13.9. The number of benzene rings is 1. The second-order valence-electron chi connectivity index (χ2n) is 5.39. The summed E-state index contributed by atoms with van der Waals surface area (Å²) in [7, 11) is 0. The number of hydrogen-bond acceptors (Lipinski definition) is 4. The van der Waals surface area contributed by atoms with Crippen LogP contribution in [0, 0.1) is 6.92 Å². The van der Waals surface area contributed by atoms with Crippen molar-refractivity contribution in [1.82, 2.24) is 10.3 Å². The third-order valence-electron chi connectivity index (χ3n) is 3.76. The van der Waals surface area contributed by atoms with Crippen LogP contribution in [0.25, 0.3) is 0 Å². The Morgan fingerprint density at radius 1 is 1.33 bits per heavy atom. The smallest absolute Gasteiger partial charge is 0.139 e. The van der Waals surface area contributed by atoms with Crippen LogP contribution in [-0.2, 0) is 6.54 Å². The molecule has 1 saturated heterocycles. The van der Waals surface area contributed by atoms with Crippen molar-refractivity contribution < 1.29 is 4.74 Å². The van der Waals surface area contributed by atoms with Crippen LogP contribution in [0.15, 0.2) is 42.6 Å². The van der Waals surface area contributed by atoms with Gasteiger partial charge in [-0.25, -0.2) is 0 Å². The number of nitrogens with one attached hydrogen (secondary N) is 2. The lowest BCUT2D eigenvalue weighted by atomic mass is 10.1. The van der Waals surface area contributed by atoms with Crippen LogP contribution in [0.1, 0.15) is 17.7 Å². The van der Waals surface area contributed by atoms with Crippen LogP contribution in [0.3, 0.4) is 0 Å². The standard InChI is InChI=1S/C17H21N3O/c1-13-17(20-10-14-5-3-2-4-6-14)9-16(11-19-13)21-12-15-7-8-18-15/h2-6,9,11,15,18,20H,7-8,10,12H2,1H3/t15-/m0/s1. The number of aryl methyl sites for hydroxylation is 1. The van der Waals surface area contributed by atoms with Crippen LogP contribution in [0.4, 0.5) is 5.69 Å². The van der Waals surface area contributed by atoms with E-state index in [1.807, 2.05) is 31.2 Å². The van der Waals surface area contributed by atoms with Gasteiger partial charge in [0.15, 0.2) is 0 Å². The molecule has 1 aliphatic heterocycles. The molecule has 1 aromatic carbocycles. The summed E-state index contributed by atoms with van der Waals surface area (Å²) < 4.78 is 5.79. The first-order valence-corrected chi connectivity index (χ1v) is 7.42. The van der Waals surface area contributed by atoms with E-state index in [0.29, 0.717) is 12.6 Å². The second kappa shape index (κ2) is 6.59. The topological polar surface area (TPSA) is 46.2 Å². The van der Waals surface area contributed by atoms with Crippen LogP contribution in [-0.4, -0.2) is 24.2 Å². The molecule has 0 saturated carbocycles. The minimum absolute atomic E-state index is 0.493. The van der Waals surface area contributed by atoms with Crippen molar-refractivity contribution in [3.8, 4) is 5.75 Å². The first-order valence-electron chi connectivity index (χ1n) is 7.42. The van der Waals surface area contributed by atoms with Crippen molar-refractivity contribution in [1.29, 1.82) is 0 Å². The van der Waals surface area contributed by atoms with Gasteiger partial charge in [0.05, 0.1) is 17.6 Å². The number of nitrogens with zero attached hydrogens (tertiary/aromatic N) is 1. The molecule has 21 heavy (non-hydrogen) atoms.